The maximum absolute atomic E-state index is 13.2. The fourth-order valence-corrected chi connectivity index (χ4v) is 8.15. The number of allylic oxidation sites excluding steroid dienone is 12. The lowest BCUT2D eigenvalue weighted by molar-refractivity contribution is -0.151. The van der Waals surface area contributed by atoms with Crippen molar-refractivity contribution in [2.75, 3.05) is 6.61 Å². The van der Waals surface area contributed by atoms with Gasteiger partial charge in [0, 0.05) is 6.42 Å². The van der Waals surface area contributed by atoms with Crippen LogP contribution in [0.3, 0.4) is 0 Å². The molecule has 3 atom stereocenters. The molecule has 0 spiro atoms. The normalized spacial score (nSPS) is 13.7. The molecule has 0 aromatic heterocycles. The quantitative estimate of drug-likeness (QED) is 0.0245. The van der Waals surface area contributed by atoms with Gasteiger partial charge in [0.2, 0.25) is 5.91 Å². The maximum atomic E-state index is 13.2. The fourth-order valence-electron chi connectivity index (χ4n) is 8.15. The summed E-state index contributed by atoms with van der Waals surface area (Å²) in [7, 11) is 0. The Balaban J connectivity index is 4.65. The van der Waals surface area contributed by atoms with Crippen LogP contribution in [0.4, 0.5) is 0 Å². The number of unbranched alkanes of at least 4 members (excludes halogenated alkanes) is 27. The molecule has 0 aliphatic rings. The summed E-state index contributed by atoms with van der Waals surface area (Å²) < 4.78 is 5.92. The van der Waals surface area contributed by atoms with Crippen LogP contribution in [-0.4, -0.2) is 46.9 Å². The lowest BCUT2D eigenvalue weighted by Crippen LogP contribution is -2.46. The third-order valence-electron chi connectivity index (χ3n) is 12.3. The average molecular weight is 908 g/mol. The smallest absolute Gasteiger partial charge is 0.306 e. The number of hydrogen-bond donors (Lipinski definition) is 3. The number of nitrogens with one attached hydrogen (secondary N) is 1. The highest BCUT2D eigenvalue weighted by atomic mass is 16.5. The van der Waals surface area contributed by atoms with Crippen molar-refractivity contribution in [2.24, 2.45) is 0 Å². The molecule has 0 saturated heterocycles. The highest BCUT2D eigenvalue weighted by Crippen LogP contribution is 2.18. The molecule has 65 heavy (non-hydrogen) atoms. The zero-order valence-corrected chi connectivity index (χ0v) is 42.9. The first-order valence-corrected chi connectivity index (χ1v) is 27.7. The molecule has 376 valence electrons. The van der Waals surface area contributed by atoms with Gasteiger partial charge >= 0.3 is 5.97 Å². The summed E-state index contributed by atoms with van der Waals surface area (Å²) in [6.45, 7) is 6.35. The Hall–Kier alpha value is -2.70. The second-order valence-corrected chi connectivity index (χ2v) is 18.7. The first-order chi connectivity index (χ1) is 32.0. The number of aliphatic hydroxyl groups excluding tert-OH is 2. The van der Waals surface area contributed by atoms with Crippen LogP contribution >= 0.6 is 0 Å². The molecule has 3 N–H and O–H groups in total. The van der Waals surface area contributed by atoms with E-state index in [2.05, 4.69) is 99.0 Å². The lowest BCUT2D eigenvalue weighted by Gasteiger charge is -2.24. The molecule has 0 bridgehead atoms. The molecule has 0 aliphatic carbocycles. The average Bonchev–Trinajstić information content (AvgIpc) is 3.30. The molecule has 3 unspecified atom stereocenters. The minimum absolute atomic E-state index is 0.0436. The molecule has 6 nitrogen and oxygen atoms in total. The molecule has 0 rings (SSSR count). The first-order valence-electron chi connectivity index (χ1n) is 27.7. The molecule has 1 amide bonds. The van der Waals surface area contributed by atoms with Gasteiger partial charge < -0.3 is 20.3 Å². The van der Waals surface area contributed by atoms with E-state index in [0.29, 0.717) is 19.3 Å². The van der Waals surface area contributed by atoms with Gasteiger partial charge in [-0.15, -0.1) is 0 Å². The summed E-state index contributed by atoms with van der Waals surface area (Å²) in [5, 5.41) is 23.8. The summed E-state index contributed by atoms with van der Waals surface area (Å²) in [6.07, 6.45) is 66.8. The van der Waals surface area contributed by atoms with Crippen molar-refractivity contribution in [3.63, 3.8) is 0 Å². The lowest BCUT2D eigenvalue weighted by atomic mass is 10.0. The number of aliphatic hydroxyl groups is 2. The zero-order chi connectivity index (χ0) is 47.4. The molecule has 0 aliphatic heterocycles. The van der Waals surface area contributed by atoms with Gasteiger partial charge in [0.15, 0.2) is 0 Å². The van der Waals surface area contributed by atoms with E-state index >= 15 is 0 Å². The second-order valence-electron chi connectivity index (χ2n) is 18.7. The van der Waals surface area contributed by atoms with Gasteiger partial charge in [-0.3, -0.25) is 9.59 Å². The number of amides is 1. The second kappa shape index (κ2) is 52.3. The number of carbonyl (C=O) groups is 2. The van der Waals surface area contributed by atoms with Crippen LogP contribution in [0.25, 0.3) is 0 Å². The van der Waals surface area contributed by atoms with Crippen molar-refractivity contribution in [1.29, 1.82) is 0 Å². The molecule has 0 radical (unpaired) electrons. The Morgan fingerprint density at radius 2 is 0.892 bits per heavy atom. The summed E-state index contributed by atoms with van der Waals surface area (Å²) in [6, 6.07) is -0.721. The summed E-state index contributed by atoms with van der Waals surface area (Å²) >= 11 is 0. The Kier molecular flexibility index (Phi) is 50.1. The topological polar surface area (TPSA) is 95.9 Å². The van der Waals surface area contributed by atoms with E-state index in [9.17, 15) is 19.8 Å². The van der Waals surface area contributed by atoms with Crippen LogP contribution in [0, 0.1) is 0 Å². The molecule has 6 heteroatoms. The van der Waals surface area contributed by atoms with Crippen molar-refractivity contribution >= 4 is 11.9 Å². The highest BCUT2D eigenvalue weighted by molar-refractivity contribution is 5.77. The van der Waals surface area contributed by atoms with Gasteiger partial charge in [0.05, 0.1) is 25.2 Å². The van der Waals surface area contributed by atoms with Crippen molar-refractivity contribution in [2.45, 2.75) is 283 Å². The Morgan fingerprint density at radius 1 is 0.477 bits per heavy atom. The van der Waals surface area contributed by atoms with Crippen LogP contribution in [0.5, 0.6) is 0 Å². The standard InChI is InChI=1S/C59H105NO5/c1-4-7-10-13-16-19-22-25-28-30-32-35-38-41-44-47-50-55(65-59(64)52-49-46-43-40-37-34-27-24-21-18-15-12-9-6-3)53-58(63)60-56(54-61)57(62)51-48-45-42-39-36-33-31-29-26-23-20-17-14-11-8-5-2/h9,12,18,21-22,25,27-28,30,32,34-35,55-57,61-62H,4-8,10-11,13-17,19-20,23-24,26,29,31,33,36-54H2,1-3H3,(H,60,63)/b12-9+,21-18+,25-22+,30-28+,34-27+,35-32+. The van der Waals surface area contributed by atoms with E-state index in [-0.39, 0.29) is 24.9 Å². The van der Waals surface area contributed by atoms with Crippen LogP contribution in [-0.2, 0) is 14.3 Å². The molecule has 0 aromatic carbocycles. The number of ether oxygens (including phenoxy) is 1. The van der Waals surface area contributed by atoms with Gasteiger partial charge in [0.25, 0.3) is 0 Å². The Bertz CT molecular complexity index is 1200. The van der Waals surface area contributed by atoms with Crippen molar-refractivity contribution in [1.82, 2.24) is 5.32 Å². The van der Waals surface area contributed by atoms with E-state index in [0.717, 1.165) is 103 Å². The van der Waals surface area contributed by atoms with E-state index in [1.807, 2.05) is 0 Å². The van der Waals surface area contributed by atoms with Gasteiger partial charge in [-0.2, -0.15) is 0 Å². The van der Waals surface area contributed by atoms with E-state index in [4.69, 9.17) is 4.74 Å². The van der Waals surface area contributed by atoms with E-state index in [1.54, 1.807) is 0 Å². The van der Waals surface area contributed by atoms with Crippen LogP contribution in [0.2, 0.25) is 0 Å². The minimum Gasteiger partial charge on any atom is -0.462 e. The predicted molar refractivity (Wildman–Crippen MR) is 282 cm³/mol. The van der Waals surface area contributed by atoms with Gasteiger partial charge in [-0.1, -0.05) is 241 Å². The van der Waals surface area contributed by atoms with E-state index < -0.39 is 18.2 Å². The molecule has 0 fully saturated rings. The minimum atomic E-state index is -0.804. The maximum Gasteiger partial charge on any atom is 0.306 e. The monoisotopic (exact) mass is 908 g/mol. The number of esters is 1. The highest BCUT2D eigenvalue weighted by Gasteiger charge is 2.24. The largest absolute Gasteiger partial charge is 0.462 e. The summed E-state index contributed by atoms with van der Waals surface area (Å²) in [5.41, 5.74) is 0. The van der Waals surface area contributed by atoms with Crippen molar-refractivity contribution in [3.8, 4) is 0 Å². The van der Waals surface area contributed by atoms with Gasteiger partial charge in [-0.25, -0.2) is 0 Å². The van der Waals surface area contributed by atoms with Crippen molar-refractivity contribution in [3.05, 3.63) is 72.9 Å². The molecular formula is C59H105NO5. The molecule has 0 saturated carbocycles. The SMILES string of the molecule is CC/C=C/C/C=C/C/C=C/CCCCCCC(=O)OC(CCCCC/C=C/C=C/C=C/CCCCCCC)CC(=O)NC(CO)C(O)CCCCCCCCCCCCCCCCCC. The number of hydrogen-bond acceptors (Lipinski definition) is 5. The van der Waals surface area contributed by atoms with E-state index in [1.165, 1.54) is 116 Å². The zero-order valence-electron chi connectivity index (χ0n) is 42.9. The van der Waals surface area contributed by atoms with Crippen LogP contribution < -0.4 is 5.32 Å². The van der Waals surface area contributed by atoms with Gasteiger partial charge in [-0.05, 0) is 83.5 Å². The number of rotatable bonds is 49. The molecule has 0 heterocycles. The Labute approximate surface area is 402 Å². The van der Waals surface area contributed by atoms with Crippen LogP contribution in [0.1, 0.15) is 265 Å². The van der Waals surface area contributed by atoms with Crippen molar-refractivity contribution < 1.29 is 24.5 Å². The summed E-state index contributed by atoms with van der Waals surface area (Å²) in [4.78, 5) is 26.2. The Morgan fingerprint density at radius 3 is 1.40 bits per heavy atom. The fraction of sp³-hybridized carbons (Fsp3) is 0.763. The molecule has 0 aromatic rings. The van der Waals surface area contributed by atoms with Crippen LogP contribution in [0.15, 0.2) is 72.9 Å². The number of carbonyl (C=O) groups excluding carboxylic acids is 2. The molecular weight excluding hydrogens is 803 g/mol. The third-order valence-corrected chi connectivity index (χ3v) is 12.3. The van der Waals surface area contributed by atoms with Gasteiger partial charge in [0.1, 0.15) is 6.10 Å². The summed E-state index contributed by atoms with van der Waals surface area (Å²) in [5.74, 6) is -0.532. The first kappa shape index (κ1) is 62.3. The third kappa shape index (κ3) is 47.6. The predicted octanol–water partition coefficient (Wildman–Crippen LogP) is 17.0.